The summed E-state index contributed by atoms with van der Waals surface area (Å²) in [6, 6.07) is 0. The van der Waals surface area contributed by atoms with Gasteiger partial charge in [-0.1, -0.05) is 24.3 Å². The highest BCUT2D eigenvalue weighted by Gasteiger charge is 2.29. The molecule has 1 fully saturated rings. The summed E-state index contributed by atoms with van der Waals surface area (Å²) >= 11 is 0. The lowest BCUT2D eigenvalue weighted by Gasteiger charge is -2.03. The van der Waals surface area contributed by atoms with Crippen molar-refractivity contribution in [2.24, 2.45) is 11.8 Å². The Labute approximate surface area is 56.3 Å². The van der Waals surface area contributed by atoms with Gasteiger partial charge < -0.3 is 0 Å². The summed E-state index contributed by atoms with van der Waals surface area (Å²) in [6.07, 6.45) is 8.55. The zero-order valence-corrected chi connectivity index (χ0v) is 5.64. The van der Waals surface area contributed by atoms with Crippen LogP contribution in [0, 0.1) is 11.8 Å². The molecule has 0 radical (unpaired) electrons. The maximum absolute atomic E-state index is 4.00. The van der Waals surface area contributed by atoms with Gasteiger partial charge in [0.05, 0.1) is 0 Å². The molecule has 2 aliphatic carbocycles. The van der Waals surface area contributed by atoms with Gasteiger partial charge in [-0.2, -0.15) is 0 Å². The fraction of sp³-hybridized carbons (Fsp3) is 0.556. The Bertz CT molecular complexity index is 165. The zero-order chi connectivity index (χ0) is 6.27. The van der Waals surface area contributed by atoms with Gasteiger partial charge in [0, 0.05) is 0 Å². The van der Waals surface area contributed by atoms with Gasteiger partial charge in [-0.25, -0.2) is 0 Å². The van der Waals surface area contributed by atoms with Crippen molar-refractivity contribution in [1.29, 1.82) is 0 Å². The molecule has 2 atom stereocenters. The average molecular weight is 120 g/mol. The third kappa shape index (κ3) is 0.735. The smallest absolute Gasteiger partial charge is 0.0162 e. The molecule has 9 heavy (non-hydrogen) atoms. The van der Waals surface area contributed by atoms with Crippen molar-refractivity contribution in [3.05, 3.63) is 24.3 Å². The van der Waals surface area contributed by atoms with Gasteiger partial charge in [-0.15, -0.1) is 0 Å². The number of rotatable bonds is 0. The Morgan fingerprint density at radius 3 is 3.11 bits per heavy atom. The van der Waals surface area contributed by atoms with Crippen molar-refractivity contribution in [2.45, 2.75) is 19.3 Å². The minimum absolute atomic E-state index is 0.873. The van der Waals surface area contributed by atoms with Crippen molar-refractivity contribution < 1.29 is 0 Å². The molecule has 0 aromatic heterocycles. The lowest BCUT2D eigenvalue weighted by Crippen LogP contribution is -1.96. The monoisotopic (exact) mass is 120 g/mol. The molecule has 0 nitrogen and oxygen atoms in total. The maximum atomic E-state index is 4.00. The Morgan fingerprint density at radius 1 is 1.44 bits per heavy atom. The van der Waals surface area contributed by atoms with E-state index in [0.29, 0.717) is 0 Å². The standard InChI is InChI=1S/C9H12/c1-7-5-8-3-2-4-9(8)6-7/h2-3,8-9H,1,4-6H2/t8-,9+/m1/s1. The van der Waals surface area contributed by atoms with E-state index in [0.717, 1.165) is 11.8 Å². The van der Waals surface area contributed by atoms with Crippen LogP contribution in [0.2, 0.25) is 0 Å². The topological polar surface area (TPSA) is 0 Å². The maximum Gasteiger partial charge on any atom is -0.0162 e. The summed E-state index contributed by atoms with van der Waals surface area (Å²) in [5.41, 5.74) is 1.47. The van der Waals surface area contributed by atoms with Crippen LogP contribution in [0.3, 0.4) is 0 Å². The second kappa shape index (κ2) is 1.73. The molecule has 0 aromatic rings. The molecule has 2 rings (SSSR count). The Balaban J connectivity index is 2.17. The van der Waals surface area contributed by atoms with Gasteiger partial charge in [0.15, 0.2) is 0 Å². The summed E-state index contributed by atoms with van der Waals surface area (Å²) in [4.78, 5) is 0. The molecule has 0 heteroatoms. The average Bonchev–Trinajstić information content (AvgIpc) is 2.22. The number of fused-ring (bicyclic) bond motifs is 1. The fourth-order valence-corrected chi connectivity index (χ4v) is 2.02. The summed E-state index contributed by atoms with van der Waals surface area (Å²) in [5.74, 6) is 1.81. The van der Waals surface area contributed by atoms with E-state index in [2.05, 4.69) is 18.7 Å². The first-order chi connectivity index (χ1) is 4.36. The molecule has 2 aliphatic rings. The predicted molar refractivity (Wildman–Crippen MR) is 39.1 cm³/mol. The molecule has 48 valence electrons. The van der Waals surface area contributed by atoms with Crippen molar-refractivity contribution in [3.8, 4) is 0 Å². The van der Waals surface area contributed by atoms with E-state index < -0.39 is 0 Å². The normalized spacial score (nSPS) is 39.8. The van der Waals surface area contributed by atoms with Gasteiger partial charge in [-0.3, -0.25) is 0 Å². The van der Waals surface area contributed by atoms with E-state index in [-0.39, 0.29) is 0 Å². The molecule has 0 aromatic carbocycles. The third-order valence-corrected chi connectivity index (χ3v) is 2.50. The van der Waals surface area contributed by atoms with Gasteiger partial charge in [0.2, 0.25) is 0 Å². The molecule has 0 spiro atoms. The molecular weight excluding hydrogens is 108 g/mol. The first-order valence-corrected chi connectivity index (χ1v) is 3.69. The largest absolute Gasteiger partial charge is 0.0998 e. The molecule has 0 bridgehead atoms. The Hall–Kier alpha value is -0.520. The van der Waals surface area contributed by atoms with Crippen LogP contribution in [0.25, 0.3) is 0 Å². The third-order valence-electron chi connectivity index (χ3n) is 2.50. The van der Waals surface area contributed by atoms with E-state index >= 15 is 0 Å². The second-order valence-electron chi connectivity index (χ2n) is 3.25. The van der Waals surface area contributed by atoms with E-state index in [9.17, 15) is 0 Å². The summed E-state index contributed by atoms with van der Waals surface area (Å²) in [7, 11) is 0. The molecule has 0 saturated heterocycles. The lowest BCUT2D eigenvalue weighted by atomic mass is 10.0. The molecule has 0 amide bonds. The molecule has 0 unspecified atom stereocenters. The first-order valence-electron chi connectivity index (χ1n) is 3.69. The second-order valence-corrected chi connectivity index (χ2v) is 3.25. The highest BCUT2D eigenvalue weighted by atomic mass is 14.3. The molecular formula is C9H12. The lowest BCUT2D eigenvalue weighted by molar-refractivity contribution is 0.497. The summed E-state index contributed by atoms with van der Waals surface area (Å²) < 4.78 is 0. The van der Waals surface area contributed by atoms with Crippen molar-refractivity contribution >= 4 is 0 Å². The van der Waals surface area contributed by atoms with E-state index in [1.807, 2.05) is 0 Å². The van der Waals surface area contributed by atoms with Gasteiger partial charge in [0.25, 0.3) is 0 Å². The fourth-order valence-electron chi connectivity index (χ4n) is 2.02. The van der Waals surface area contributed by atoms with Gasteiger partial charge in [-0.05, 0) is 31.1 Å². The molecule has 0 N–H and O–H groups in total. The SMILES string of the molecule is C=C1C[C@@H]2CC=C[C@@H]2C1. The highest BCUT2D eigenvalue weighted by molar-refractivity contribution is 5.16. The van der Waals surface area contributed by atoms with E-state index in [1.165, 1.54) is 24.8 Å². The zero-order valence-electron chi connectivity index (χ0n) is 5.64. The highest BCUT2D eigenvalue weighted by Crippen LogP contribution is 2.41. The number of hydrogen-bond donors (Lipinski definition) is 0. The van der Waals surface area contributed by atoms with Gasteiger partial charge in [0.1, 0.15) is 0 Å². The van der Waals surface area contributed by atoms with Crippen LogP contribution in [-0.2, 0) is 0 Å². The van der Waals surface area contributed by atoms with E-state index in [4.69, 9.17) is 0 Å². The van der Waals surface area contributed by atoms with Crippen LogP contribution in [0.15, 0.2) is 24.3 Å². The van der Waals surface area contributed by atoms with E-state index in [1.54, 1.807) is 0 Å². The predicted octanol–water partition coefficient (Wildman–Crippen LogP) is 2.53. The first kappa shape index (κ1) is 5.28. The molecule has 1 saturated carbocycles. The van der Waals surface area contributed by atoms with Gasteiger partial charge >= 0.3 is 0 Å². The van der Waals surface area contributed by atoms with Crippen LogP contribution in [0.1, 0.15) is 19.3 Å². The van der Waals surface area contributed by atoms with Crippen LogP contribution < -0.4 is 0 Å². The molecule has 0 aliphatic heterocycles. The minimum Gasteiger partial charge on any atom is -0.0998 e. The Kier molecular flexibility index (Phi) is 1.01. The van der Waals surface area contributed by atoms with Crippen LogP contribution in [0.5, 0.6) is 0 Å². The molecule has 0 heterocycles. The summed E-state index contributed by atoms with van der Waals surface area (Å²) in [6.45, 7) is 4.00. The van der Waals surface area contributed by atoms with Crippen LogP contribution in [0.4, 0.5) is 0 Å². The van der Waals surface area contributed by atoms with Crippen molar-refractivity contribution in [3.63, 3.8) is 0 Å². The quantitative estimate of drug-likeness (QED) is 0.431. The Morgan fingerprint density at radius 2 is 2.33 bits per heavy atom. The van der Waals surface area contributed by atoms with Crippen LogP contribution in [-0.4, -0.2) is 0 Å². The van der Waals surface area contributed by atoms with Crippen LogP contribution >= 0.6 is 0 Å². The number of hydrogen-bond acceptors (Lipinski definition) is 0. The van der Waals surface area contributed by atoms with Crippen molar-refractivity contribution in [1.82, 2.24) is 0 Å². The number of allylic oxidation sites excluding steroid dienone is 3. The van der Waals surface area contributed by atoms with Crippen molar-refractivity contribution in [2.75, 3.05) is 0 Å². The summed E-state index contributed by atoms with van der Waals surface area (Å²) in [5, 5.41) is 0. The minimum atomic E-state index is 0.873.